The van der Waals surface area contributed by atoms with Crippen molar-refractivity contribution in [1.82, 2.24) is 9.62 Å². The van der Waals surface area contributed by atoms with E-state index in [-0.39, 0.29) is 10.8 Å². The van der Waals surface area contributed by atoms with Crippen LogP contribution in [0.15, 0.2) is 47.4 Å². The van der Waals surface area contributed by atoms with Crippen LogP contribution in [0.5, 0.6) is 11.5 Å². The van der Waals surface area contributed by atoms with Gasteiger partial charge in [0.1, 0.15) is 0 Å². The van der Waals surface area contributed by atoms with Gasteiger partial charge in [0.05, 0.1) is 18.1 Å². The first-order chi connectivity index (χ1) is 15.8. The summed E-state index contributed by atoms with van der Waals surface area (Å²) in [5, 5.41) is 2.94. The number of carbonyl (C=O) groups is 1. The third-order valence-corrected chi connectivity index (χ3v) is 7.32. The van der Waals surface area contributed by atoms with Gasteiger partial charge in [-0.3, -0.25) is 4.79 Å². The van der Waals surface area contributed by atoms with E-state index in [0.717, 1.165) is 22.6 Å². The lowest BCUT2D eigenvalue weighted by atomic mass is 10.1. The molecule has 0 fully saturated rings. The molecule has 2 aromatic carbocycles. The largest absolute Gasteiger partial charge is 0.490 e. The Balaban J connectivity index is 1.83. The van der Waals surface area contributed by atoms with E-state index in [1.165, 1.54) is 4.31 Å². The van der Waals surface area contributed by atoms with E-state index in [1.54, 1.807) is 24.3 Å². The maximum Gasteiger partial charge on any atom is 0.243 e. The van der Waals surface area contributed by atoms with E-state index in [0.29, 0.717) is 52.1 Å². The van der Waals surface area contributed by atoms with Gasteiger partial charge in [-0.25, -0.2) is 8.42 Å². The molecule has 0 bridgehead atoms. The lowest BCUT2D eigenvalue weighted by molar-refractivity contribution is -0.121. The highest BCUT2D eigenvalue weighted by Gasteiger charge is 2.21. The van der Waals surface area contributed by atoms with Crippen LogP contribution >= 0.6 is 0 Å². The molecule has 0 atom stereocenters. The van der Waals surface area contributed by atoms with E-state index in [9.17, 15) is 13.2 Å². The fourth-order valence-electron chi connectivity index (χ4n) is 3.48. The number of carbonyl (C=O) groups excluding carboxylic acids is 1. The van der Waals surface area contributed by atoms with Crippen LogP contribution < -0.4 is 14.8 Å². The molecule has 33 heavy (non-hydrogen) atoms. The standard InChI is InChI=1S/C25H36N2O5S/c1-5-27(6-2)33(29,30)22-13-9-20(10-14-22)12-16-25(28)26-18-17-21-11-15-23(31-7-3)24(19-21)32-8-4/h9-11,13-15,19H,5-8,12,16-18H2,1-4H3,(H,26,28). The minimum absolute atomic E-state index is 0.0363. The van der Waals surface area contributed by atoms with E-state index >= 15 is 0 Å². The fraction of sp³-hybridized carbons (Fsp3) is 0.480. The highest BCUT2D eigenvalue weighted by molar-refractivity contribution is 7.89. The van der Waals surface area contributed by atoms with Crippen molar-refractivity contribution in [3.05, 3.63) is 53.6 Å². The van der Waals surface area contributed by atoms with Crippen molar-refractivity contribution in [1.29, 1.82) is 0 Å². The second-order valence-electron chi connectivity index (χ2n) is 7.48. The number of sulfonamides is 1. The second-order valence-corrected chi connectivity index (χ2v) is 9.42. The normalized spacial score (nSPS) is 11.4. The van der Waals surface area contributed by atoms with Crippen molar-refractivity contribution in [3.8, 4) is 11.5 Å². The number of nitrogens with zero attached hydrogens (tertiary/aromatic N) is 1. The van der Waals surface area contributed by atoms with Crippen molar-refractivity contribution < 1.29 is 22.7 Å². The molecular weight excluding hydrogens is 440 g/mol. The quantitative estimate of drug-likeness (QED) is 0.448. The number of nitrogens with one attached hydrogen (secondary N) is 1. The second kappa shape index (κ2) is 13.2. The third-order valence-electron chi connectivity index (χ3n) is 5.25. The summed E-state index contributed by atoms with van der Waals surface area (Å²) in [5.74, 6) is 1.41. The summed E-state index contributed by atoms with van der Waals surface area (Å²) in [6.07, 6.45) is 1.58. The number of benzene rings is 2. The van der Waals surface area contributed by atoms with E-state index < -0.39 is 10.0 Å². The molecule has 7 nitrogen and oxygen atoms in total. The molecule has 0 aliphatic rings. The van der Waals surface area contributed by atoms with Crippen LogP contribution in [-0.2, 0) is 27.7 Å². The zero-order chi connectivity index (χ0) is 24.3. The Labute approximate surface area is 198 Å². The summed E-state index contributed by atoms with van der Waals surface area (Å²) in [6.45, 7) is 10.0. The Kier molecular flexibility index (Phi) is 10.7. The maximum atomic E-state index is 12.6. The average Bonchev–Trinajstić information content (AvgIpc) is 2.80. The predicted molar refractivity (Wildman–Crippen MR) is 130 cm³/mol. The smallest absolute Gasteiger partial charge is 0.243 e. The lowest BCUT2D eigenvalue weighted by Crippen LogP contribution is -2.30. The summed E-state index contributed by atoms with van der Waals surface area (Å²) < 4.78 is 37.8. The van der Waals surface area contributed by atoms with Crippen molar-refractivity contribution in [2.24, 2.45) is 0 Å². The van der Waals surface area contributed by atoms with Crippen molar-refractivity contribution >= 4 is 15.9 Å². The zero-order valence-corrected chi connectivity index (χ0v) is 20.9. The Hall–Kier alpha value is -2.58. The summed E-state index contributed by atoms with van der Waals surface area (Å²) in [5.41, 5.74) is 1.99. The van der Waals surface area contributed by atoms with Crippen molar-refractivity contribution in [3.63, 3.8) is 0 Å². The first kappa shape index (κ1) is 26.7. The lowest BCUT2D eigenvalue weighted by Gasteiger charge is -2.18. The highest BCUT2D eigenvalue weighted by Crippen LogP contribution is 2.28. The summed E-state index contributed by atoms with van der Waals surface area (Å²) in [4.78, 5) is 12.5. The van der Waals surface area contributed by atoms with E-state index in [2.05, 4.69) is 5.32 Å². The van der Waals surface area contributed by atoms with Crippen LogP contribution in [0.1, 0.15) is 45.2 Å². The Morgan fingerprint density at radius 2 is 1.45 bits per heavy atom. The third kappa shape index (κ3) is 7.75. The minimum atomic E-state index is -3.46. The molecule has 0 aromatic heterocycles. The first-order valence-corrected chi connectivity index (χ1v) is 13.0. The van der Waals surface area contributed by atoms with Gasteiger partial charge in [-0.05, 0) is 62.1 Å². The van der Waals surface area contributed by atoms with Gasteiger partial charge in [-0.1, -0.05) is 32.0 Å². The SMILES string of the molecule is CCOc1ccc(CCNC(=O)CCc2ccc(S(=O)(=O)N(CC)CC)cc2)cc1OCC. The van der Waals surface area contributed by atoms with Gasteiger partial charge in [-0.15, -0.1) is 0 Å². The monoisotopic (exact) mass is 476 g/mol. The van der Waals surface area contributed by atoms with E-state index in [1.807, 2.05) is 45.9 Å². The number of aryl methyl sites for hydroxylation is 1. The number of ether oxygens (including phenoxy) is 2. The number of hydrogen-bond donors (Lipinski definition) is 1. The van der Waals surface area contributed by atoms with Gasteiger partial charge in [0.15, 0.2) is 11.5 Å². The molecule has 0 aliphatic carbocycles. The minimum Gasteiger partial charge on any atom is -0.490 e. The summed E-state index contributed by atoms with van der Waals surface area (Å²) in [6, 6.07) is 12.6. The topological polar surface area (TPSA) is 84.9 Å². The van der Waals surface area contributed by atoms with Gasteiger partial charge >= 0.3 is 0 Å². The van der Waals surface area contributed by atoms with Crippen molar-refractivity contribution in [2.75, 3.05) is 32.8 Å². The maximum absolute atomic E-state index is 12.6. The Bertz CT molecular complexity index is 986. The van der Waals surface area contributed by atoms with Gasteiger partial charge in [0.2, 0.25) is 15.9 Å². The molecule has 182 valence electrons. The highest BCUT2D eigenvalue weighted by atomic mass is 32.2. The van der Waals surface area contributed by atoms with Gasteiger partial charge in [0, 0.05) is 26.1 Å². The molecule has 2 rings (SSSR count). The molecular formula is C25H36N2O5S. The zero-order valence-electron chi connectivity index (χ0n) is 20.1. The molecule has 2 aromatic rings. The average molecular weight is 477 g/mol. The fourth-order valence-corrected chi connectivity index (χ4v) is 4.94. The van der Waals surface area contributed by atoms with Gasteiger partial charge < -0.3 is 14.8 Å². The molecule has 0 unspecified atom stereocenters. The molecule has 0 saturated heterocycles. The number of rotatable bonds is 14. The number of hydrogen-bond acceptors (Lipinski definition) is 5. The van der Waals surface area contributed by atoms with Gasteiger partial charge in [0.25, 0.3) is 0 Å². The molecule has 0 aliphatic heterocycles. The van der Waals surface area contributed by atoms with Crippen LogP contribution in [-0.4, -0.2) is 51.5 Å². The molecule has 8 heteroatoms. The molecule has 0 heterocycles. The van der Waals surface area contributed by atoms with Crippen LogP contribution in [0.4, 0.5) is 0 Å². The van der Waals surface area contributed by atoms with Crippen LogP contribution in [0.25, 0.3) is 0 Å². The van der Waals surface area contributed by atoms with E-state index in [4.69, 9.17) is 9.47 Å². The molecule has 0 spiro atoms. The molecule has 0 radical (unpaired) electrons. The van der Waals surface area contributed by atoms with Gasteiger partial charge in [-0.2, -0.15) is 4.31 Å². The molecule has 0 saturated carbocycles. The predicted octanol–water partition coefficient (Wildman–Crippen LogP) is 3.81. The summed E-state index contributed by atoms with van der Waals surface area (Å²) >= 11 is 0. The molecule has 1 amide bonds. The van der Waals surface area contributed by atoms with Crippen LogP contribution in [0.3, 0.4) is 0 Å². The first-order valence-electron chi connectivity index (χ1n) is 11.6. The van der Waals surface area contributed by atoms with Crippen LogP contribution in [0.2, 0.25) is 0 Å². The Morgan fingerprint density at radius 3 is 2.06 bits per heavy atom. The molecule has 1 N–H and O–H groups in total. The van der Waals surface area contributed by atoms with Crippen molar-refractivity contribution in [2.45, 2.75) is 51.9 Å². The Morgan fingerprint density at radius 1 is 0.848 bits per heavy atom. The number of amides is 1. The van der Waals surface area contributed by atoms with Crippen LogP contribution in [0, 0.1) is 0 Å². The summed E-state index contributed by atoms with van der Waals surface area (Å²) in [7, 11) is -3.46.